The van der Waals surface area contributed by atoms with Gasteiger partial charge in [0.2, 0.25) is 0 Å². The molecule has 19 heavy (non-hydrogen) atoms. The van der Waals surface area contributed by atoms with E-state index in [4.69, 9.17) is 0 Å². The molecular weight excluding hydrogens is 242 g/mol. The molecule has 0 saturated heterocycles. The van der Waals surface area contributed by atoms with Crippen molar-refractivity contribution in [2.24, 2.45) is 0 Å². The number of rotatable bonds is 5. The highest BCUT2D eigenvalue weighted by molar-refractivity contribution is 5.93. The van der Waals surface area contributed by atoms with Crippen LogP contribution in [0.2, 0.25) is 0 Å². The summed E-state index contributed by atoms with van der Waals surface area (Å²) in [4.78, 5) is 22.1. The molecule has 1 rings (SSSR count). The van der Waals surface area contributed by atoms with Crippen LogP contribution in [0.5, 0.6) is 0 Å². The van der Waals surface area contributed by atoms with E-state index in [1.165, 1.54) is 6.33 Å². The molecule has 0 saturated carbocycles. The summed E-state index contributed by atoms with van der Waals surface area (Å²) in [7, 11) is 4.01. The van der Waals surface area contributed by atoms with Crippen LogP contribution in [0.15, 0.2) is 12.4 Å². The van der Waals surface area contributed by atoms with Crippen molar-refractivity contribution in [2.75, 3.05) is 32.5 Å². The van der Waals surface area contributed by atoms with Gasteiger partial charge in [0.15, 0.2) is 0 Å². The van der Waals surface area contributed by atoms with Crippen LogP contribution in [0.3, 0.4) is 0 Å². The first-order valence-electron chi connectivity index (χ1n) is 6.31. The lowest BCUT2D eigenvalue weighted by molar-refractivity contribution is 0.0914. The zero-order chi connectivity index (χ0) is 14.5. The number of carbonyl (C=O) groups excluding carboxylic acids is 1. The average molecular weight is 265 g/mol. The number of likely N-dealkylation sites (N-methyl/N-ethyl adjacent to an activating group) is 1. The van der Waals surface area contributed by atoms with Gasteiger partial charge in [0.1, 0.15) is 17.8 Å². The van der Waals surface area contributed by atoms with E-state index >= 15 is 0 Å². The first kappa shape index (κ1) is 15.4. The summed E-state index contributed by atoms with van der Waals surface area (Å²) in [5, 5.41) is 6.03. The van der Waals surface area contributed by atoms with E-state index in [9.17, 15) is 4.79 Å². The molecule has 0 aliphatic rings. The summed E-state index contributed by atoms with van der Waals surface area (Å²) >= 11 is 0. The monoisotopic (exact) mass is 265 g/mol. The number of anilines is 1. The summed E-state index contributed by atoms with van der Waals surface area (Å²) in [5.74, 6) is 0.474. The third-order valence-electron chi connectivity index (χ3n) is 2.25. The van der Waals surface area contributed by atoms with Crippen LogP contribution >= 0.6 is 0 Å². The summed E-state index contributed by atoms with van der Waals surface area (Å²) in [6.45, 7) is 7.46. The molecule has 1 heterocycles. The van der Waals surface area contributed by atoms with E-state index in [1.807, 2.05) is 34.9 Å². The van der Waals surface area contributed by atoms with Crippen molar-refractivity contribution in [2.45, 2.75) is 26.3 Å². The molecule has 6 heteroatoms. The quantitative estimate of drug-likeness (QED) is 0.830. The molecule has 1 amide bonds. The fraction of sp³-hybridized carbons (Fsp3) is 0.615. The highest BCUT2D eigenvalue weighted by Gasteiger charge is 2.16. The van der Waals surface area contributed by atoms with Gasteiger partial charge in [-0.05, 0) is 34.9 Å². The van der Waals surface area contributed by atoms with E-state index < -0.39 is 0 Å². The number of nitrogens with zero attached hydrogens (tertiary/aromatic N) is 3. The van der Waals surface area contributed by atoms with Gasteiger partial charge in [-0.25, -0.2) is 9.97 Å². The van der Waals surface area contributed by atoms with Crippen LogP contribution in [-0.2, 0) is 0 Å². The molecule has 0 aliphatic carbocycles. The molecule has 0 radical (unpaired) electrons. The Morgan fingerprint density at radius 1 is 1.32 bits per heavy atom. The van der Waals surface area contributed by atoms with Gasteiger partial charge in [-0.3, -0.25) is 4.79 Å². The largest absolute Gasteiger partial charge is 0.369 e. The SMILES string of the molecule is CN(C)CCNc1cc(C(=O)NC(C)(C)C)ncn1. The predicted molar refractivity (Wildman–Crippen MR) is 76.3 cm³/mol. The zero-order valence-electron chi connectivity index (χ0n) is 12.3. The van der Waals surface area contributed by atoms with Gasteiger partial charge < -0.3 is 15.5 Å². The molecule has 1 aromatic rings. The van der Waals surface area contributed by atoms with E-state index in [-0.39, 0.29) is 11.4 Å². The molecule has 2 N–H and O–H groups in total. The van der Waals surface area contributed by atoms with Crippen molar-refractivity contribution in [3.05, 3.63) is 18.1 Å². The van der Waals surface area contributed by atoms with Crippen LogP contribution in [0, 0.1) is 0 Å². The van der Waals surface area contributed by atoms with Crippen molar-refractivity contribution >= 4 is 11.7 Å². The minimum Gasteiger partial charge on any atom is -0.369 e. The molecule has 6 nitrogen and oxygen atoms in total. The van der Waals surface area contributed by atoms with Crippen molar-refractivity contribution < 1.29 is 4.79 Å². The topological polar surface area (TPSA) is 70.2 Å². The molecular formula is C13H23N5O. The maximum absolute atomic E-state index is 12.0. The Morgan fingerprint density at radius 3 is 2.58 bits per heavy atom. The average Bonchev–Trinajstić information content (AvgIpc) is 2.26. The Labute approximate surface area is 114 Å². The number of carbonyl (C=O) groups is 1. The maximum Gasteiger partial charge on any atom is 0.270 e. The highest BCUT2D eigenvalue weighted by atomic mass is 16.2. The first-order chi connectivity index (χ1) is 8.78. The number of hydrogen-bond donors (Lipinski definition) is 2. The van der Waals surface area contributed by atoms with Gasteiger partial charge in [0.05, 0.1) is 0 Å². The summed E-state index contributed by atoms with van der Waals surface area (Å²) in [5.41, 5.74) is 0.0952. The van der Waals surface area contributed by atoms with Gasteiger partial charge in [0, 0.05) is 24.7 Å². The molecule has 0 aliphatic heterocycles. The van der Waals surface area contributed by atoms with Crippen LogP contribution in [0.25, 0.3) is 0 Å². The Hall–Kier alpha value is -1.69. The van der Waals surface area contributed by atoms with Gasteiger partial charge in [-0.2, -0.15) is 0 Å². The van der Waals surface area contributed by atoms with Crippen molar-refractivity contribution in [3.63, 3.8) is 0 Å². The predicted octanol–water partition coefficient (Wildman–Crippen LogP) is 0.978. The van der Waals surface area contributed by atoms with E-state index in [0.29, 0.717) is 11.5 Å². The Balaban J connectivity index is 2.64. The fourth-order valence-electron chi connectivity index (χ4n) is 1.39. The maximum atomic E-state index is 12.0. The molecule has 106 valence electrons. The Morgan fingerprint density at radius 2 is 2.00 bits per heavy atom. The molecule has 0 aromatic carbocycles. The third-order valence-corrected chi connectivity index (χ3v) is 2.25. The van der Waals surface area contributed by atoms with Crippen LogP contribution in [0.1, 0.15) is 31.3 Å². The van der Waals surface area contributed by atoms with Crippen LogP contribution in [-0.4, -0.2) is 53.5 Å². The van der Waals surface area contributed by atoms with Crippen LogP contribution < -0.4 is 10.6 Å². The summed E-state index contributed by atoms with van der Waals surface area (Å²) in [6, 6.07) is 1.66. The van der Waals surface area contributed by atoms with Gasteiger partial charge in [0.25, 0.3) is 5.91 Å². The second kappa shape index (κ2) is 6.47. The number of nitrogens with one attached hydrogen (secondary N) is 2. The Bertz CT molecular complexity index is 425. The second-order valence-electron chi connectivity index (χ2n) is 5.72. The van der Waals surface area contributed by atoms with Gasteiger partial charge in [-0.1, -0.05) is 0 Å². The van der Waals surface area contributed by atoms with Gasteiger partial charge >= 0.3 is 0 Å². The highest BCUT2D eigenvalue weighted by Crippen LogP contribution is 2.06. The molecule has 0 fully saturated rings. The number of aromatic nitrogens is 2. The van der Waals surface area contributed by atoms with Gasteiger partial charge in [-0.15, -0.1) is 0 Å². The standard InChI is InChI=1S/C13H23N5O/c1-13(2,3)17-12(19)10-8-11(16-9-15-10)14-6-7-18(4)5/h8-9H,6-7H2,1-5H3,(H,17,19)(H,14,15,16). The number of amides is 1. The fourth-order valence-corrected chi connectivity index (χ4v) is 1.39. The van der Waals surface area contributed by atoms with E-state index in [0.717, 1.165) is 13.1 Å². The summed E-state index contributed by atoms with van der Waals surface area (Å²) in [6.07, 6.45) is 1.40. The molecule has 0 unspecified atom stereocenters. The summed E-state index contributed by atoms with van der Waals surface area (Å²) < 4.78 is 0. The lowest BCUT2D eigenvalue weighted by Gasteiger charge is -2.20. The molecule has 0 bridgehead atoms. The lowest BCUT2D eigenvalue weighted by atomic mass is 10.1. The Kier molecular flexibility index (Phi) is 5.23. The van der Waals surface area contributed by atoms with E-state index in [2.05, 4.69) is 25.5 Å². The zero-order valence-corrected chi connectivity index (χ0v) is 12.3. The normalized spacial score (nSPS) is 11.5. The van der Waals surface area contributed by atoms with Crippen molar-refractivity contribution in [3.8, 4) is 0 Å². The first-order valence-corrected chi connectivity index (χ1v) is 6.31. The van der Waals surface area contributed by atoms with Crippen molar-refractivity contribution in [1.29, 1.82) is 0 Å². The lowest BCUT2D eigenvalue weighted by Crippen LogP contribution is -2.41. The third kappa shape index (κ3) is 6.15. The molecule has 0 atom stereocenters. The molecule has 0 spiro atoms. The van der Waals surface area contributed by atoms with Crippen LogP contribution in [0.4, 0.5) is 5.82 Å². The minimum absolute atomic E-state index is 0.189. The van der Waals surface area contributed by atoms with Crippen molar-refractivity contribution in [1.82, 2.24) is 20.2 Å². The van der Waals surface area contributed by atoms with E-state index in [1.54, 1.807) is 6.07 Å². The second-order valence-corrected chi connectivity index (χ2v) is 5.72. The minimum atomic E-state index is -0.277. The number of hydrogen-bond acceptors (Lipinski definition) is 5. The molecule has 1 aromatic heterocycles. The smallest absolute Gasteiger partial charge is 0.270 e.